The molecule has 0 unspecified atom stereocenters. The van der Waals surface area contributed by atoms with Crippen LogP contribution >= 0.6 is 54.9 Å². The van der Waals surface area contributed by atoms with Gasteiger partial charge in [-0.1, -0.05) is 211 Å². The Morgan fingerprint density at radius 2 is 0.600 bits per heavy atom. The standard InChI is InChI=1S/2C28H37NP.4HI.Pd/c2*1-4-6-21-29(3,22-7-5-2)24-25-15-14-20-28(23-25)30(26-16-10-8-11-17-26)27-18-12-9-13-19-27;;;;;/h2*8-20,23H,4-7,21-22,24H2,1-3H3;4*1H;/q2*+1;;;;;+2/p-4. The molecule has 0 aliphatic heterocycles. The van der Waals surface area contributed by atoms with Crippen molar-refractivity contribution >= 4 is 86.7 Å². The fraction of sp³-hybridized carbons (Fsp3) is 0.357. The van der Waals surface area contributed by atoms with Crippen LogP contribution in [0.2, 0.25) is 0 Å². The molecule has 65 heavy (non-hydrogen) atoms. The third-order valence-electron chi connectivity index (χ3n) is 11.7. The van der Waals surface area contributed by atoms with Crippen LogP contribution in [-0.4, -0.2) is 49.2 Å². The van der Waals surface area contributed by atoms with E-state index in [1.54, 1.807) is 0 Å². The first-order chi connectivity index (χ1) is 30.7. The molecular weight excluding hydrogens is 1380 g/mol. The summed E-state index contributed by atoms with van der Waals surface area (Å²) in [6, 6.07) is 62.9. The third-order valence-corrected chi connectivity index (χ3v) is 16.6. The molecular formula is C56H74I4N2P2Pd. The second-order valence-corrected chi connectivity index (χ2v) is 33.7. The van der Waals surface area contributed by atoms with Crippen LogP contribution in [0, 0.1) is 0 Å². The zero-order valence-corrected chi connectivity index (χ0v) is 51.7. The van der Waals surface area contributed by atoms with Crippen LogP contribution in [0.1, 0.15) is 90.2 Å². The van der Waals surface area contributed by atoms with Crippen molar-refractivity contribution in [2.45, 2.75) is 92.2 Å². The van der Waals surface area contributed by atoms with Gasteiger partial charge in [0.1, 0.15) is 13.1 Å². The molecule has 0 saturated heterocycles. The van der Waals surface area contributed by atoms with Crippen molar-refractivity contribution in [1.29, 1.82) is 0 Å². The van der Waals surface area contributed by atoms with E-state index in [1.165, 1.54) is 120 Å². The zero-order valence-electron chi connectivity index (χ0n) is 39.7. The van der Waals surface area contributed by atoms with Crippen LogP contribution < -0.4 is 79.8 Å². The molecule has 0 aliphatic rings. The Balaban J connectivity index is 0.000000409. The number of rotatable bonds is 22. The Morgan fingerprint density at radius 3 is 0.831 bits per heavy atom. The number of nitrogens with zero attached hydrogens (tertiary/aromatic N) is 2. The summed E-state index contributed by atoms with van der Waals surface area (Å²) in [7, 11) is 4.73. The zero-order chi connectivity index (χ0) is 45.2. The molecule has 6 rings (SSSR count). The summed E-state index contributed by atoms with van der Waals surface area (Å²) < 4.78 is 2.31. The molecule has 6 aromatic carbocycles. The van der Waals surface area contributed by atoms with Gasteiger partial charge in [-0.3, -0.25) is 0 Å². The van der Waals surface area contributed by atoms with E-state index in [4.69, 9.17) is 0 Å². The van der Waals surface area contributed by atoms with Crippen LogP contribution in [0.3, 0.4) is 0 Å². The number of unbranched alkanes of at least 4 members (excludes halogenated alkanes) is 4. The SMILES string of the molecule is CCCC[N+](C)(CCCC)Cc1cccc(P(c2ccccc2)c2ccccc2)c1.CCCC[N+](C)(CCCC)Cc1cccc(P(c2ccccc2)c2ccccc2)c1.[I-].[I-].[I][Pd][I]. The summed E-state index contributed by atoms with van der Waals surface area (Å²) >= 11 is 4.65. The van der Waals surface area contributed by atoms with Crippen molar-refractivity contribution in [2.24, 2.45) is 0 Å². The van der Waals surface area contributed by atoms with Gasteiger partial charge in [0, 0.05) is 11.1 Å². The van der Waals surface area contributed by atoms with E-state index in [0.29, 0.717) is 0 Å². The molecule has 0 radical (unpaired) electrons. The predicted molar refractivity (Wildman–Crippen MR) is 297 cm³/mol. The van der Waals surface area contributed by atoms with E-state index in [-0.39, 0.29) is 48.0 Å². The Bertz CT molecular complexity index is 1850. The fourth-order valence-corrected chi connectivity index (χ4v) is 13.1. The molecule has 356 valence electrons. The second kappa shape index (κ2) is 34.9. The summed E-state index contributed by atoms with van der Waals surface area (Å²) in [4.78, 5) is 0. The van der Waals surface area contributed by atoms with Crippen molar-refractivity contribution in [1.82, 2.24) is 0 Å². The van der Waals surface area contributed by atoms with Crippen molar-refractivity contribution in [2.75, 3.05) is 40.3 Å². The topological polar surface area (TPSA) is 0 Å². The number of halogens is 4. The van der Waals surface area contributed by atoms with Gasteiger partial charge in [0.25, 0.3) is 0 Å². The molecule has 9 heteroatoms. The minimum atomic E-state index is -0.533. The van der Waals surface area contributed by atoms with Gasteiger partial charge in [-0.15, -0.1) is 0 Å². The molecule has 0 aliphatic carbocycles. The Morgan fingerprint density at radius 1 is 0.369 bits per heavy atom. The molecule has 0 N–H and O–H groups in total. The molecule has 0 amide bonds. The summed E-state index contributed by atoms with van der Waals surface area (Å²) in [5.41, 5.74) is 2.95. The van der Waals surface area contributed by atoms with Gasteiger partial charge in [0.15, 0.2) is 0 Å². The van der Waals surface area contributed by atoms with Crippen LogP contribution in [0.15, 0.2) is 170 Å². The van der Waals surface area contributed by atoms with Crippen molar-refractivity contribution in [3.8, 4) is 0 Å². The normalized spacial score (nSPS) is 11.2. The number of hydrogen-bond donors (Lipinski definition) is 0. The summed E-state index contributed by atoms with van der Waals surface area (Å²) in [6.07, 6.45) is 10.3. The number of benzene rings is 6. The van der Waals surface area contributed by atoms with Gasteiger partial charge in [0.2, 0.25) is 0 Å². The minimum absolute atomic E-state index is 0. The van der Waals surface area contributed by atoms with E-state index in [1.807, 2.05) is 0 Å². The average Bonchev–Trinajstić information content (AvgIpc) is 3.31. The van der Waals surface area contributed by atoms with Crippen molar-refractivity contribution in [3.05, 3.63) is 181 Å². The fourth-order valence-electron chi connectivity index (χ4n) is 8.37. The summed E-state index contributed by atoms with van der Waals surface area (Å²) in [6.45, 7) is 16.5. The Kier molecular flexibility index (Phi) is 32.6. The maximum atomic E-state index is 2.49. The first kappa shape index (κ1) is 60.8. The van der Waals surface area contributed by atoms with E-state index in [2.05, 4.69) is 251 Å². The monoisotopic (exact) mass is 1450 g/mol. The van der Waals surface area contributed by atoms with E-state index in [9.17, 15) is 0 Å². The van der Waals surface area contributed by atoms with E-state index >= 15 is 0 Å². The van der Waals surface area contributed by atoms with Gasteiger partial charge < -0.3 is 56.9 Å². The first-order valence-electron chi connectivity index (χ1n) is 23.2. The van der Waals surface area contributed by atoms with Gasteiger partial charge in [-0.25, -0.2) is 0 Å². The molecule has 2 nitrogen and oxygen atoms in total. The average molecular weight is 1450 g/mol. The summed E-state index contributed by atoms with van der Waals surface area (Å²) in [5.74, 6) is 0. The number of quaternary nitrogens is 2. The van der Waals surface area contributed by atoms with E-state index in [0.717, 1.165) is 32.8 Å². The molecule has 0 atom stereocenters. The van der Waals surface area contributed by atoms with E-state index < -0.39 is 15.8 Å². The van der Waals surface area contributed by atoms with Gasteiger partial charge in [0.05, 0.1) is 40.3 Å². The van der Waals surface area contributed by atoms with Crippen LogP contribution in [-0.2, 0) is 23.8 Å². The van der Waals surface area contributed by atoms with Crippen LogP contribution in [0.5, 0.6) is 0 Å². The van der Waals surface area contributed by atoms with Gasteiger partial charge in [-0.2, -0.15) is 0 Å². The molecule has 0 aromatic heterocycles. The molecule has 0 saturated carbocycles. The van der Waals surface area contributed by atoms with Gasteiger partial charge >= 0.3 is 49.8 Å². The third kappa shape index (κ3) is 21.7. The van der Waals surface area contributed by atoms with Crippen LogP contribution in [0.25, 0.3) is 0 Å². The molecule has 0 fully saturated rings. The molecule has 6 aromatic rings. The van der Waals surface area contributed by atoms with Crippen molar-refractivity contribution in [3.63, 3.8) is 0 Å². The maximum absolute atomic E-state index is 2.49. The quantitative estimate of drug-likeness (QED) is 0.0283. The molecule has 0 bridgehead atoms. The Labute approximate surface area is 462 Å². The van der Waals surface area contributed by atoms with Crippen LogP contribution in [0.4, 0.5) is 0 Å². The Hall–Kier alpha value is -0.318. The molecule has 0 spiro atoms. The second-order valence-electron chi connectivity index (χ2n) is 17.3. The van der Waals surface area contributed by atoms with Gasteiger partial charge in [-0.05, 0) is 85.5 Å². The predicted octanol–water partition coefficient (Wildman–Crippen LogP) is 7.76. The van der Waals surface area contributed by atoms with Crippen molar-refractivity contribution < 1.29 is 67.7 Å². The molecule has 0 heterocycles. The number of hydrogen-bond acceptors (Lipinski definition) is 0. The first-order valence-corrected chi connectivity index (χ1v) is 35.1. The summed E-state index contributed by atoms with van der Waals surface area (Å²) in [5, 5.41) is 8.60.